The predicted octanol–water partition coefficient (Wildman–Crippen LogP) is 5.18. The molecule has 0 spiro atoms. The van der Waals surface area contributed by atoms with Crippen LogP contribution < -0.4 is 0 Å². The summed E-state index contributed by atoms with van der Waals surface area (Å²) in [7, 11) is -4.52. The molecule has 0 aromatic heterocycles. The van der Waals surface area contributed by atoms with Crippen molar-refractivity contribution in [2.45, 2.75) is 115 Å². The summed E-state index contributed by atoms with van der Waals surface area (Å²) in [5.41, 5.74) is 0.778. The van der Waals surface area contributed by atoms with Crippen LogP contribution >= 0.6 is 0 Å². The Bertz CT molecular complexity index is 797. The van der Waals surface area contributed by atoms with Gasteiger partial charge in [0.05, 0.1) is 18.6 Å². The zero-order valence-electron chi connectivity index (χ0n) is 22.0. The maximum absolute atomic E-state index is 12.2. The largest absolute Gasteiger partial charge is 0.457 e. The molecule has 8 heteroatoms. The van der Waals surface area contributed by atoms with E-state index in [0.29, 0.717) is 0 Å². The molecule has 0 saturated carbocycles. The van der Waals surface area contributed by atoms with Crippen LogP contribution in [-0.2, 0) is 18.4 Å². The van der Waals surface area contributed by atoms with Crippen LogP contribution in [0.5, 0.6) is 0 Å². The number of ether oxygens (including phenoxy) is 1. The van der Waals surface area contributed by atoms with E-state index in [1.807, 2.05) is 30.3 Å². The molecule has 1 saturated heterocycles. The second-order valence-electron chi connectivity index (χ2n) is 12.3. The molecule has 6 nitrogen and oxygen atoms in total. The maximum Gasteiger partial charge on any atom is 0.308 e. The van der Waals surface area contributed by atoms with Crippen molar-refractivity contribution in [3.05, 3.63) is 35.9 Å². The summed E-state index contributed by atoms with van der Waals surface area (Å²) in [6.07, 6.45) is -4.87. The van der Waals surface area contributed by atoms with E-state index < -0.39 is 53.1 Å². The van der Waals surface area contributed by atoms with E-state index >= 15 is 0 Å². The molecule has 0 amide bonds. The maximum atomic E-state index is 12.2. The molecule has 188 valence electrons. The Morgan fingerprint density at radius 3 is 1.94 bits per heavy atom. The Morgan fingerprint density at radius 2 is 1.45 bits per heavy atom. The van der Waals surface area contributed by atoms with Gasteiger partial charge in [-0.2, -0.15) is 0 Å². The van der Waals surface area contributed by atoms with Crippen LogP contribution in [0, 0.1) is 0 Å². The van der Waals surface area contributed by atoms with Crippen LogP contribution in [0.2, 0.25) is 36.3 Å². The van der Waals surface area contributed by atoms with E-state index in [1.54, 1.807) is 0 Å². The molecule has 1 fully saturated rings. The quantitative estimate of drug-likeness (QED) is 0.381. The summed E-state index contributed by atoms with van der Waals surface area (Å²) >= 11 is 0. The highest BCUT2D eigenvalue weighted by molar-refractivity contribution is 6.74. The Morgan fingerprint density at radius 1 is 0.939 bits per heavy atom. The lowest BCUT2D eigenvalue weighted by atomic mass is 9.95. The first-order valence-electron chi connectivity index (χ1n) is 11.8. The lowest BCUT2D eigenvalue weighted by molar-refractivity contribution is -0.156. The van der Waals surface area contributed by atoms with Gasteiger partial charge in [0.1, 0.15) is 12.2 Å². The summed E-state index contributed by atoms with van der Waals surface area (Å²) in [5.74, 6) is -0.420. The molecule has 5 atom stereocenters. The SMILES string of the molecule is CC(C)(C)[Si](C)(C)O[C@H](c1ccccc1)[C@@H](O)[C@H](O)[C@H]1OC(=O)C[C@H]1O[Si](C)(C)C(C)(C)C. The van der Waals surface area contributed by atoms with Gasteiger partial charge in [0, 0.05) is 0 Å². The third-order valence-electron chi connectivity index (χ3n) is 7.61. The second-order valence-corrected chi connectivity index (χ2v) is 21.8. The van der Waals surface area contributed by atoms with Crippen LogP contribution in [0.25, 0.3) is 0 Å². The highest BCUT2D eigenvalue weighted by Gasteiger charge is 2.50. The first-order chi connectivity index (χ1) is 14.9. The summed E-state index contributed by atoms with van der Waals surface area (Å²) in [5, 5.41) is 22.5. The van der Waals surface area contributed by atoms with Crippen LogP contribution in [-0.4, -0.2) is 57.2 Å². The van der Waals surface area contributed by atoms with Crippen molar-refractivity contribution >= 4 is 22.6 Å². The van der Waals surface area contributed by atoms with Gasteiger partial charge in [0.25, 0.3) is 0 Å². The first kappa shape index (κ1) is 28.2. The number of esters is 1. The van der Waals surface area contributed by atoms with Crippen molar-refractivity contribution in [3.63, 3.8) is 0 Å². The molecule has 1 aliphatic rings. The van der Waals surface area contributed by atoms with Crippen molar-refractivity contribution < 1.29 is 28.6 Å². The average molecular weight is 497 g/mol. The van der Waals surface area contributed by atoms with Crippen molar-refractivity contribution in [1.29, 1.82) is 0 Å². The second kappa shape index (κ2) is 9.91. The molecule has 1 heterocycles. The summed E-state index contributed by atoms with van der Waals surface area (Å²) in [6, 6.07) is 9.44. The standard InChI is InChI=1S/C25H44O6Si2/c1-24(2,3)32(7,8)30-18-16-19(26)29-23(18)21(28)20(27)22(17-14-12-11-13-15-17)31-33(9,10)25(4,5)6/h11-15,18,20-23,27-28H,16H2,1-10H3/t18-,20+,21+,22-,23+/m1/s1. The van der Waals surface area contributed by atoms with E-state index in [9.17, 15) is 15.0 Å². The molecular formula is C25H44O6Si2. The fourth-order valence-electron chi connectivity index (χ4n) is 3.36. The fraction of sp³-hybridized carbons (Fsp3) is 0.720. The van der Waals surface area contributed by atoms with Crippen LogP contribution in [0.15, 0.2) is 30.3 Å². The van der Waals surface area contributed by atoms with Crippen LogP contribution in [0.1, 0.15) is 59.6 Å². The number of carbonyl (C=O) groups excluding carboxylic acids is 1. The molecule has 33 heavy (non-hydrogen) atoms. The van der Waals surface area contributed by atoms with E-state index in [-0.39, 0.29) is 16.5 Å². The Labute approximate surface area is 201 Å². The van der Waals surface area contributed by atoms with Gasteiger partial charge < -0.3 is 23.8 Å². The molecule has 0 unspecified atom stereocenters. The third-order valence-corrected chi connectivity index (χ3v) is 16.6. The highest BCUT2D eigenvalue weighted by atomic mass is 28.4. The van der Waals surface area contributed by atoms with E-state index in [4.69, 9.17) is 13.6 Å². The molecule has 2 N–H and O–H groups in total. The van der Waals surface area contributed by atoms with Crippen molar-refractivity contribution in [2.24, 2.45) is 0 Å². The molecule has 0 radical (unpaired) electrons. The zero-order valence-corrected chi connectivity index (χ0v) is 24.0. The number of hydrogen-bond acceptors (Lipinski definition) is 6. The smallest absolute Gasteiger partial charge is 0.308 e. The Kier molecular flexibility index (Phi) is 8.47. The van der Waals surface area contributed by atoms with Crippen molar-refractivity contribution in [3.8, 4) is 0 Å². The van der Waals surface area contributed by atoms with Crippen molar-refractivity contribution in [1.82, 2.24) is 0 Å². The zero-order chi connectivity index (χ0) is 25.4. The molecule has 1 aromatic carbocycles. The van der Waals surface area contributed by atoms with Crippen LogP contribution in [0.4, 0.5) is 0 Å². The van der Waals surface area contributed by atoms with Crippen molar-refractivity contribution in [2.75, 3.05) is 0 Å². The van der Waals surface area contributed by atoms with Gasteiger partial charge in [-0.3, -0.25) is 4.79 Å². The molecule has 0 bridgehead atoms. The lowest BCUT2D eigenvalue weighted by Crippen LogP contribution is -2.52. The number of benzene rings is 1. The Hall–Kier alpha value is -1.04. The van der Waals surface area contributed by atoms with Gasteiger partial charge >= 0.3 is 5.97 Å². The minimum atomic E-state index is -2.30. The minimum Gasteiger partial charge on any atom is -0.457 e. The third kappa shape index (κ3) is 6.55. The van der Waals surface area contributed by atoms with Gasteiger partial charge in [-0.15, -0.1) is 0 Å². The predicted molar refractivity (Wildman–Crippen MR) is 136 cm³/mol. The number of aliphatic hydroxyl groups excluding tert-OH is 2. The number of cyclic esters (lactones) is 1. The van der Waals surface area contributed by atoms with E-state index in [0.717, 1.165) is 5.56 Å². The monoisotopic (exact) mass is 496 g/mol. The topological polar surface area (TPSA) is 85.2 Å². The summed E-state index contributed by atoms with van der Waals surface area (Å²) in [6.45, 7) is 21.2. The number of hydrogen-bond donors (Lipinski definition) is 2. The first-order valence-corrected chi connectivity index (χ1v) is 17.7. The van der Waals surface area contributed by atoms with Gasteiger partial charge in [-0.25, -0.2) is 0 Å². The minimum absolute atomic E-state index is 0.0647. The molecule has 1 aliphatic heterocycles. The van der Waals surface area contributed by atoms with Gasteiger partial charge in [0.15, 0.2) is 22.7 Å². The van der Waals surface area contributed by atoms with Gasteiger partial charge in [-0.05, 0) is 41.8 Å². The van der Waals surface area contributed by atoms with Gasteiger partial charge in [-0.1, -0.05) is 71.9 Å². The van der Waals surface area contributed by atoms with Crippen LogP contribution in [0.3, 0.4) is 0 Å². The summed E-state index contributed by atoms with van der Waals surface area (Å²) in [4.78, 5) is 12.2. The van der Waals surface area contributed by atoms with E-state index in [1.165, 1.54) is 0 Å². The molecular weight excluding hydrogens is 452 g/mol. The fourth-order valence-corrected chi connectivity index (χ4v) is 5.95. The molecule has 2 rings (SSSR count). The van der Waals surface area contributed by atoms with E-state index in [2.05, 4.69) is 67.7 Å². The number of rotatable bonds is 8. The summed E-state index contributed by atoms with van der Waals surface area (Å²) < 4.78 is 18.6. The van der Waals surface area contributed by atoms with Gasteiger partial charge in [0.2, 0.25) is 0 Å². The Balaban J connectivity index is 2.35. The molecule has 0 aliphatic carbocycles. The number of aliphatic hydroxyl groups is 2. The molecule has 1 aromatic rings. The average Bonchev–Trinajstić information content (AvgIpc) is 3.03. The number of carbonyl (C=O) groups is 1. The highest BCUT2D eigenvalue weighted by Crippen LogP contribution is 2.43. The normalized spacial score (nSPS) is 23.2. The lowest BCUT2D eigenvalue weighted by Gasteiger charge is -2.43.